The molecule has 0 spiro atoms. The zero-order valence-corrected chi connectivity index (χ0v) is 13.4. The number of piperidine rings is 2. The number of rotatable bonds is 4. The van der Waals surface area contributed by atoms with Crippen LogP contribution in [0.4, 0.5) is 0 Å². The third kappa shape index (κ3) is 3.71. The van der Waals surface area contributed by atoms with Gasteiger partial charge in [0.05, 0.1) is 0 Å². The van der Waals surface area contributed by atoms with E-state index >= 15 is 0 Å². The number of nitrogens with one attached hydrogen (secondary N) is 1. The van der Waals surface area contributed by atoms with Gasteiger partial charge in [-0.25, -0.2) is 0 Å². The van der Waals surface area contributed by atoms with Crippen LogP contribution in [0.15, 0.2) is 0 Å². The van der Waals surface area contributed by atoms with E-state index in [4.69, 9.17) is 0 Å². The summed E-state index contributed by atoms with van der Waals surface area (Å²) in [5, 5.41) is 3.75. The van der Waals surface area contributed by atoms with Gasteiger partial charge in [-0.15, -0.1) is 0 Å². The Balaban J connectivity index is 1.90. The third-order valence-electron chi connectivity index (χ3n) is 5.34. The lowest BCUT2D eigenvalue weighted by atomic mass is 9.85. The van der Waals surface area contributed by atoms with Gasteiger partial charge in [0.1, 0.15) is 0 Å². The third-order valence-corrected chi connectivity index (χ3v) is 5.34. The second-order valence-electron chi connectivity index (χ2n) is 6.75. The monoisotopic (exact) mass is 267 g/mol. The topological polar surface area (TPSA) is 18.5 Å². The molecule has 2 fully saturated rings. The average molecular weight is 267 g/mol. The van der Waals surface area contributed by atoms with Gasteiger partial charge < -0.3 is 10.2 Å². The van der Waals surface area contributed by atoms with Crippen molar-refractivity contribution in [2.24, 2.45) is 5.92 Å². The lowest BCUT2D eigenvalue weighted by Gasteiger charge is -2.48. The van der Waals surface area contributed by atoms with Gasteiger partial charge in [0.25, 0.3) is 0 Å². The Kier molecular flexibility index (Phi) is 5.67. The molecule has 2 rings (SSSR count). The molecule has 4 atom stereocenters. The first kappa shape index (κ1) is 15.3. The zero-order chi connectivity index (χ0) is 13.8. The summed E-state index contributed by atoms with van der Waals surface area (Å²) in [5.74, 6) is 0.771. The van der Waals surface area contributed by atoms with Crippen molar-refractivity contribution in [3.8, 4) is 0 Å². The van der Waals surface area contributed by atoms with Gasteiger partial charge in [0.2, 0.25) is 0 Å². The molecule has 0 aliphatic carbocycles. The largest absolute Gasteiger partial charge is 0.314 e. The molecule has 2 heterocycles. The maximum absolute atomic E-state index is 3.75. The Morgan fingerprint density at radius 1 is 1.16 bits per heavy atom. The maximum atomic E-state index is 3.75. The van der Waals surface area contributed by atoms with Gasteiger partial charge in [0, 0.05) is 31.2 Å². The molecule has 2 saturated heterocycles. The van der Waals surface area contributed by atoms with Gasteiger partial charge >= 0.3 is 0 Å². The molecule has 0 saturated carbocycles. The molecule has 0 amide bonds. The molecule has 3 heteroatoms. The van der Waals surface area contributed by atoms with Crippen LogP contribution < -0.4 is 5.32 Å². The van der Waals surface area contributed by atoms with Crippen molar-refractivity contribution in [1.29, 1.82) is 0 Å². The van der Waals surface area contributed by atoms with E-state index in [1.165, 1.54) is 51.9 Å². The van der Waals surface area contributed by atoms with Gasteiger partial charge in [-0.3, -0.25) is 4.90 Å². The summed E-state index contributed by atoms with van der Waals surface area (Å²) in [6.07, 6.45) is 5.34. The van der Waals surface area contributed by atoms with Crippen LogP contribution >= 0.6 is 0 Å². The molecule has 112 valence electrons. The number of likely N-dealkylation sites (tertiary alicyclic amines) is 2. The number of hydrogen-bond acceptors (Lipinski definition) is 3. The minimum Gasteiger partial charge on any atom is -0.314 e. The molecule has 1 N–H and O–H groups in total. The van der Waals surface area contributed by atoms with Crippen molar-refractivity contribution >= 4 is 0 Å². The van der Waals surface area contributed by atoms with E-state index in [0.29, 0.717) is 0 Å². The average Bonchev–Trinajstić information content (AvgIpc) is 2.40. The van der Waals surface area contributed by atoms with Crippen LogP contribution in [0.5, 0.6) is 0 Å². The fourth-order valence-corrected chi connectivity index (χ4v) is 3.94. The van der Waals surface area contributed by atoms with Crippen molar-refractivity contribution in [3.63, 3.8) is 0 Å². The van der Waals surface area contributed by atoms with E-state index < -0.39 is 0 Å². The lowest BCUT2D eigenvalue weighted by Crippen LogP contribution is -2.59. The second kappa shape index (κ2) is 7.05. The zero-order valence-electron chi connectivity index (χ0n) is 13.4. The highest BCUT2D eigenvalue weighted by Gasteiger charge is 2.36. The summed E-state index contributed by atoms with van der Waals surface area (Å²) in [6.45, 7) is 12.2. The fourth-order valence-electron chi connectivity index (χ4n) is 3.94. The van der Waals surface area contributed by atoms with Crippen molar-refractivity contribution in [3.05, 3.63) is 0 Å². The van der Waals surface area contributed by atoms with Crippen LogP contribution in [0.25, 0.3) is 0 Å². The van der Waals surface area contributed by atoms with Crippen LogP contribution in [0.2, 0.25) is 0 Å². The predicted molar refractivity (Wildman–Crippen MR) is 82.5 cm³/mol. The molecular formula is C16H33N3. The van der Waals surface area contributed by atoms with Crippen LogP contribution in [-0.2, 0) is 0 Å². The summed E-state index contributed by atoms with van der Waals surface area (Å²) >= 11 is 0. The van der Waals surface area contributed by atoms with E-state index in [0.717, 1.165) is 24.0 Å². The fraction of sp³-hybridized carbons (Fsp3) is 1.00. The van der Waals surface area contributed by atoms with Gasteiger partial charge in [-0.1, -0.05) is 13.8 Å². The normalized spacial score (nSPS) is 38.5. The minimum absolute atomic E-state index is 0.722. The molecular weight excluding hydrogens is 234 g/mol. The Morgan fingerprint density at radius 2 is 1.95 bits per heavy atom. The van der Waals surface area contributed by atoms with Crippen LogP contribution in [0.3, 0.4) is 0 Å². The van der Waals surface area contributed by atoms with Crippen LogP contribution in [0, 0.1) is 5.92 Å². The Labute approximate surface area is 119 Å². The quantitative estimate of drug-likeness (QED) is 0.842. The highest BCUT2D eigenvalue weighted by Crippen LogP contribution is 2.28. The highest BCUT2D eigenvalue weighted by atomic mass is 15.3. The van der Waals surface area contributed by atoms with Gasteiger partial charge in [-0.2, -0.15) is 0 Å². The molecule has 0 aromatic carbocycles. The van der Waals surface area contributed by atoms with E-state index in [1.807, 2.05) is 0 Å². The molecule has 4 unspecified atom stereocenters. The molecule has 0 aromatic heterocycles. The summed E-state index contributed by atoms with van der Waals surface area (Å²) < 4.78 is 0. The summed E-state index contributed by atoms with van der Waals surface area (Å²) in [7, 11) is 2.27. The van der Waals surface area contributed by atoms with Gasteiger partial charge in [-0.05, 0) is 58.7 Å². The van der Waals surface area contributed by atoms with Crippen LogP contribution in [-0.4, -0.2) is 61.2 Å². The molecule has 0 aromatic rings. The molecule has 2 aliphatic heterocycles. The molecule has 0 radical (unpaired) electrons. The van der Waals surface area contributed by atoms with Crippen molar-refractivity contribution in [2.45, 2.75) is 64.6 Å². The Bertz CT molecular complexity index is 269. The first-order valence-electron chi connectivity index (χ1n) is 8.31. The van der Waals surface area contributed by atoms with E-state index in [2.05, 4.69) is 42.9 Å². The van der Waals surface area contributed by atoms with Gasteiger partial charge in [0.15, 0.2) is 0 Å². The van der Waals surface area contributed by atoms with Crippen molar-refractivity contribution in [2.75, 3.05) is 33.2 Å². The maximum Gasteiger partial charge on any atom is 0.0226 e. The smallest absolute Gasteiger partial charge is 0.0226 e. The minimum atomic E-state index is 0.722. The van der Waals surface area contributed by atoms with Crippen molar-refractivity contribution in [1.82, 2.24) is 15.1 Å². The molecule has 0 bridgehead atoms. The number of hydrogen-bond donors (Lipinski definition) is 1. The standard InChI is InChI=1S/C16H33N3/c1-5-9-17-16-8-11-19(14(3)13(16)2)15-7-6-10-18(4)12-15/h13-17H,5-12H2,1-4H3. The SMILES string of the molecule is CCCNC1CCN(C2CCCN(C)C2)C(C)C1C. The summed E-state index contributed by atoms with van der Waals surface area (Å²) in [4.78, 5) is 5.30. The second-order valence-corrected chi connectivity index (χ2v) is 6.75. The molecule has 2 aliphatic rings. The van der Waals surface area contributed by atoms with Crippen LogP contribution in [0.1, 0.15) is 46.5 Å². The van der Waals surface area contributed by atoms with E-state index in [9.17, 15) is 0 Å². The first-order valence-corrected chi connectivity index (χ1v) is 8.31. The summed E-state index contributed by atoms with van der Waals surface area (Å²) in [5.41, 5.74) is 0. The molecule has 3 nitrogen and oxygen atoms in total. The van der Waals surface area contributed by atoms with Crippen molar-refractivity contribution < 1.29 is 0 Å². The number of likely N-dealkylation sites (N-methyl/N-ethyl adjacent to an activating group) is 1. The van der Waals surface area contributed by atoms with E-state index in [-0.39, 0.29) is 0 Å². The number of nitrogens with zero attached hydrogens (tertiary/aromatic N) is 2. The first-order chi connectivity index (χ1) is 9.13. The Morgan fingerprint density at radius 3 is 2.63 bits per heavy atom. The predicted octanol–water partition coefficient (Wildman–Crippen LogP) is 2.18. The van der Waals surface area contributed by atoms with E-state index in [1.54, 1.807) is 0 Å². The Hall–Kier alpha value is -0.120. The highest BCUT2D eigenvalue weighted by molar-refractivity contribution is 4.93. The lowest BCUT2D eigenvalue weighted by molar-refractivity contribution is 0.0180. The molecule has 19 heavy (non-hydrogen) atoms. The summed E-state index contributed by atoms with van der Waals surface area (Å²) in [6, 6.07) is 2.25.